The third-order valence-electron chi connectivity index (χ3n) is 6.79. The van der Waals surface area contributed by atoms with E-state index >= 15 is 0 Å². The predicted octanol–water partition coefficient (Wildman–Crippen LogP) is 4.54. The Balaban J connectivity index is 1.64. The summed E-state index contributed by atoms with van der Waals surface area (Å²) < 4.78 is 11.1. The molecule has 3 N–H and O–H groups in total. The smallest absolute Gasteiger partial charge is 0.407 e. The number of fused-ring (bicyclic) bond motifs is 1. The van der Waals surface area contributed by atoms with Crippen LogP contribution in [0.3, 0.4) is 0 Å². The van der Waals surface area contributed by atoms with Crippen molar-refractivity contribution >= 4 is 39.4 Å². The number of anilines is 2. The summed E-state index contributed by atoms with van der Waals surface area (Å²) in [5.41, 5.74) is 3.18. The van der Waals surface area contributed by atoms with Crippen molar-refractivity contribution in [2.75, 3.05) is 38.0 Å². The second kappa shape index (κ2) is 10.9. The van der Waals surface area contributed by atoms with Gasteiger partial charge in [0.25, 0.3) is 0 Å². The van der Waals surface area contributed by atoms with Crippen LogP contribution >= 0.6 is 11.3 Å². The molecule has 0 aliphatic heterocycles. The Kier molecular flexibility index (Phi) is 7.89. The normalized spacial score (nSPS) is 17.8. The third kappa shape index (κ3) is 5.67. The molecule has 1 amide bonds. The Labute approximate surface area is 215 Å². The van der Waals surface area contributed by atoms with E-state index in [0.717, 1.165) is 57.3 Å². The highest BCUT2D eigenvalue weighted by Crippen LogP contribution is 2.40. The molecule has 3 aromatic heterocycles. The fourth-order valence-electron chi connectivity index (χ4n) is 4.74. The molecule has 0 radical (unpaired) electrons. The molecule has 1 saturated carbocycles. The average molecular weight is 514 g/mol. The lowest BCUT2D eigenvalue weighted by Crippen LogP contribution is -2.48. The number of carbonyl (C=O) groups is 1. The number of alkyl carbamates (subject to hydrolysis) is 1. The zero-order valence-electron chi connectivity index (χ0n) is 21.8. The molecule has 1 fully saturated rings. The fraction of sp³-hybridized carbons (Fsp3) is 0.560. The first kappa shape index (κ1) is 26.0. The van der Waals surface area contributed by atoms with Gasteiger partial charge in [-0.2, -0.15) is 4.98 Å². The van der Waals surface area contributed by atoms with Crippen molar-refractivity contribution in [2.45, 2.75) is 58.5 Å². The Hall–Kier alpha value is -3.05. The van der Waals surface area contributed by atoms with Crippen molar-refractivity contribution in [3.63, 3.8) is 0 Å². The Morgan fingerprint density at radius 3 is 2.69 bits per heavy atom. The monoisotopic (exact) mass is 513 g/mol. The van der Waals surface area contributed by atoms with Crippen LogP contribution in [0.15, 0.2) is 12.3 Å². The van der Waals surface area contributed by atoms with E-state index in [-0.39, 0.29) is 11.6 Å². The van der Waals surface area contributed by atoms with Gasteiger partial charge < -0.3 is 25.4 Å². The Morgan fingerprint density at radius 2 is 1.97 bits per heavy atom. The number of hydrogen-bond acceptors (Lipinski definition) is 10. The number of aromatic nitrogens is 4. The number of carbonyl (C=O) groups excluding carboxylic acids is 1. The van der Waals surface area contributed by atoms with E-state index in [2.05, 4.69) is 20.9 Å². The number of rotatable bonds is 9. The molecule has 2 atom stereocenters. The highest BCUT2D eigenvalue weighted by Gasteiger charge is 2.38. The van der Waals surface area contributed by atoms with E-state index in [1.165, 1.54) is 7.11 Å². The van der Waals surface area contributed by atoms with E-state index in [9.17, 15) is 4.79 Å². The van der Waals surface area contributed by atoms with Crippen molar-refractivity contribution in [3.8, 4) is 10.6 Å². The second-order valence-electron chi connectivity index (χ2n) is 9.73. The minimum absolute atomic E-state index is 0.200. The predicted molar refractivity (Wildman–Crippen MR) is 143 cm³/mol. The second-order valence-corrected chi connectivity index (χ2v) is 10.8. The van der Waals surface area contributed by atoms with Gasteiger partial charge in [0.05, 0.1) is 35.4 Å². The number of nitrogens with one attached hydrogen (secondary N) is 3. The van der Waals surface area contributed by atoms with E-state index < -0.39 is 6.09 Å². The van der Waals surface area contributed by atoms with Gasteiger partial charge in [0.1, 0.15) is 16.3 Å². The first-order valence-electron chi connectivity index (χ1n) is 12.2. The lowest BCUT2D eigenvalue weighted by atomic mass is 9.86. The van der Waals surface area contributed by atoms with Crippen LogP contribution in [0.1, 0.15) is 44.5 Å². The molecule has 0 bridgehead atoms. The molecule has 3 heterocycles. The summed E-state index contributed by atoms with van der Waals surface area (Å²) in [7, 11) is 3.06. The number of aryl methyl sites for hydroxylation is 2. The van der Waals surface area contributed by atoms with Crippen LogP contribution in [-0.4, -0.2) is 65.0 Å². The molecule has 10 nitrogen and oxygen atoms in total. The van der Waals surface area contributed by atoms with Gasteiger partial charge in [-0.3, -0.25) is 4.98 Å². The highest BCUT2D eigenvalue weighted by molar-refractivity contribution is 7.21. The highest BCUT2D eigenvalue weighted by atomic mass is 32.1. The molecule has 0 spiro atoms. The summed E-state index contributed by atoms with van der Waals surface area (Å²) in [4.78, 5) is 30.7. The standard InChI is InChI=1S/C25H35N7O3S/c1-14-19(22-30-20-15(2)26-10-9-18(20)36-22)21(31-23(28-14)27-11-12-34-5)29-17-8-7-16(13-17)25(3,4)32-24(33)35-6/h9-10,16-17H,7-8,11-13H2,1-6H3,(H,32,33)(H2,27,28,29,31)/t16-,17+/m1/s1. The average Bonchev–Trinajstić information content (AvgIpc) is 3.47. The van der Waals surface area contributed by atoms with Crippen LogP contribution in [0.4, 0.5) is 16.6 Å². The summed E-state index contributed by atoms with van der Waals surface area (Å²) in [5.74, 6) is 1.62. The Bertz CT molecular complexity index is 1230. The number of nitrogens with zero attached hydrogens (tertiary/aromatic N) is 4. The van der Waals surface area contributed by atoms with Gasteiger partial charge in [0, 0.05) is 31.4 Å². The number of pyridine rings is 1. The molecular weight excluding hydrogens is 478 g/mol. The maximum Gasteiger partial charge on any atom is 0.407 e. The van der Waals surface area contributed by atoms with Crippen molar-refractivity contribution in [3.05, 3.63) is 23.7 Å². The fourth-order valence-corrected chi connectivity index (χ4v) is 5.85. The van der Waals surface area contributed by atoms with Crippen LogP contribution in [0.2, 0.25) is 0 Å². The van der Waals surface area contributed by atoms with Crippen LogP contribution in [0.5, 0.6) is 0 Å². The molecular formula is C25H35N7O3S. The summed E-state index contributed by atoms with van der Waals surface area (Å²) in [5, 5.41) is 10.8. The lowest BCUT2D eigenvalue weighted by molar-refractivity contribution is 0.147. The number of hydrogen-bond donors (Lipinski definition) is 3. The van der Waals surface area contributed by atoms with E-state index in [1.807, 2.05) is 40.0 Å². The SMILES string of the molecule is COCCNc1nc(C)c(-c2nc3c(C)nccc3s2)c(N[C@H]2CC[C@@H](C(C)(C)NC(=O)OC)C2)n1. The van der Waals surface area contributed by atoms with Crippen LogP contribution < -0.4 is 16.0 Å². The maximum absolute atomic E-state index is 11.8. The molecule has 36 heavy (non-hydrogen) atoms. The van der Waals surface area contributed by atoms with Gasteiger partial charge in [-0.05, 0) is 58.9 Å². The van der Waals surface area contributed by atoms with Crippen LogP contribution in [0, 0.1) is 19.8 Å². The zero-order valence-corrected chi connectivity index (χ0v) is 22.6. The summed E-state index contributed by atoms with van der Waals surface area (Å²) in [6.45, 7) is 9.23. The Morgan fingerprint density at radius 1 is 1.17 bits per heavy atom. The first-order valence-corrected chi connectivity index (χ1v) is 13.0. The van der Waals surface area contributed by atoms with Crippen LogP contribution in [0.25, 0.3) is 20.8 Å². The molecule has 4 rings (SSSR count). The van der Waals surface area contributed by atoms with Crippen LogP contribution in [-0.2, 0) is 9.47 Å². The molecule has 194 valence electrons. The van der Waals surface area contributed by atoms with Crippen molar-refractivity contribution in [2.24, 2.45) is 5.92 Å². The van der Waals surface area contributed by atoms with Gasteiger partial charge in [-0.1, -0.05) is 0 Å². The van der Waals surface area contributed by atoms with E-state index in [4.69, 9.17) is 24.4 Å². The summed E-state index contributed by atoms with van der Waals surface area (Å²) >= 11 is 1.62. The van der Waals surface area contributed by atoms with Gasteiger partial charge in [-0.25, -0.2) is 14.8 Å². The molecule has 0 unspecified atom stereocenters. The topological polar surface area (TPSA) is 123 Å². The van der Waals surface area contributed by atoms with Crippen molar-refractivity contribution in [1.29, 1.82) is 0 Å². The minimum Gasteiger partial charge on any atom is -0.453 e. The summed E-state index contributed by atoms with van der Waals surface area (Å²) in [6, 6.07) is 2.19. The van der Waals surface area contributed by atoms with Gasteiger partial charge in [0.15, 0.2) is 0 Å². The molecule has 11 heteroatoms. The van der Waals surface area contributed by atoms with Crippen molar-refractivity contribution < 1.29 is 14.3 Å². The van der Waals surface area contributed by atoms with Crippen molar-refractivity contribution in [1.82, 2.24) is 25.3 Å². The summed E-state index contributed by atoms with van der Waals surface area (Å²) in [6.07, 6.45) is 4.26. The largest absolute Gasteiger partial charge is 0.453 e. The number of amides is 1. The first-order chi connectivity index (χ1) is 17.2. The number of thiazole rings is 1. The number of methoxy groups -OCH3 is 2. The number of ether oxygens (including phenoxy) is 2. The quantitative estimate of drug-likeness (QED) is 0.354. The van der Waals surface area contributed by atoms with E-state index in [0.29, 0.717) is 25.0 Å². The molecule has 3 aromatic rings. The molecule has 1 aliphatic rings. The minimum atomic E-state index is -0.405. The molecule has 1 aliphatic carbocycles. The van der Waals surface area contributed by atoms with Gasteiger partial charge in [0.2, 0.25) is 5.95 Å². The lowest BCUT2D eigenvalue weighted by Gasteiger charge is -2.32. The van der Waals surface area contributed by atoms with E-state index in [1.54, 1.807) is 18.4 Å². The maximum atomic E-state index is 11.8. The van der Waals surface area contributed by atoms with Gasteiger partial charge >= 0.3 is 6.09 Å². The third-order valence-corrected chi connectivity index (χ3v) is 7.83. The zero-order chi connectivity index (χ0) is 25.9. The van der Waals surface area contributed by atoms with Gasteiger partial charge in [-0.15, -0.1) is 11.3 Å². The molecule has 0 aromatic carbocycles. The molecule has 0 saturated heterocycles.